The topological polar surface area (TPSA) is 56.0 Å². The Kier molecular flexibility index (Phi) is 3.76. The van der Waals surface area contributed by atoms with Gasteiger partial charge in [0.1, 0.15) is 0 Å². The van der Waals surface area contributed by atoms with E-state index in [0.29, 0.717) is 24.8 Å². The molecule has 1 amide bonds. The van der Waals surface area contributed by atoms with Crippen LogP contribution in [0.1, 0.15) is 33.6 Å². The van der Waals surface area contributed by atoms with Gasteiger partial charge in [-0.2, -0.15) is 0 Å². The molecule has 4 rings (SSSR count). The Labute approximate surface area is 145 Å². The highest BCUT2D eigenvalue weighted by molar-refractivity contribution is 5.99. The van der Waals surface area contributed by atoms with Crippen LogP contribution >= 0.6 is 0 Å². The Morgan fingerprint density at radius 1 is 1.12 bits per heavy atom. The Morgan fingerprint density at radius 2 is 1.92 bits per heavy atom. The number of hydrogen-bond acceptors (Lipinski definition) is 2. The molecule has 1 N–H and O–H groups in total. The molecule has 3 heterocycles. The van der Waals surface area contributed by atoms with E-state index in [1.165, 1.54) is 0 Å². The largest absolute Gasteiger partial charge is 0.326 e. The van der Waals surface area contributed by atoms with Crippen LogP contribution in [-0.2, 0) is 17.6 Å². The van der Waals surface area contributed by atoms with E-state index in [4.69, 9.17) is 0 Å². The number of ketones is 1. The molecular weight excluding hydrogens is 314 g/mol. The number of carbonyl (C=O) groups excluding carboxylic acids is 2. The number of benzene rings is 1. The summed E-state index contributed by atoms with van der Waals surface area (Å²) in [7, 11) is 0. The summed E-state index contributed by atoms with van der Waals surface area (Å²) in [5.74, 6) is 0.113. The first-order chi connectivity index (χ1) is 12.1. The lowest BCUT2D eigenvalue weighted by molar-refractivity contribution is -0.116. The van der Waals surface area contributed by atoms with E-state index < -0.39 is 0 Å². The van der Waals surface area contributed by atoms with Crippen LogP contribution in [0.4, 0.5) is 5.69 Å². The Bertz CT molecular complexity index is 951. The molecule has 1 aromatic carbocycles. The van der Waals surface area contributed by atoms with Crippen LogP contribution in [0.2, 0.25) is 0 Å². The molecule has 0 aliphatic carbocycles. The van der Waals surface area contributed by atoms with E-state index in [2.05, 4.69) is 5.32 Å². The van der Waals surface area contributed by atoms with Gasteiger partial charge in [0, 0.05) is 36.3 Å². The fourth-order valence-corrected chi connectivity index (χ4v) is 3.27. The van der Waals surface area contributed by atoms with Crippen molar-refractivity contribution in [2.45, 2.75) is 26.2 Å². The Hall–Kier alpha value is -3.08. The lowest BCUT2D eigenvalue weighted by Gasteiger charge is -2.17. The van der Waals surface area contributed by atoms with Crippen molar-refractivity contribution in [3.05, 3.63) is 77.4 Å². The molecule has 0 spiro atoms. The van der Waals surface area contributed by atoms with Gasteiger partial charge in [-0.05, 0) is 60.9 Å². The second-order valence-electron chi connectivity index (χ2n) is 6.37. The van der Waals surface area contributed by atoms with Gasteiger partial charge in [0.05, 0.1) is 12.1 Å². The molecule has 5 heteroatoms. The zero-order valence-corrected chi connectivity index (χ0v) is 14.0. The van der Waals surface area contributed by atoms with Crippen molar-refractivity contribution in [3.8, 4) is 0 Å². The maximum absolute atomic E-state index is 12.8. The molecule has 1 aliphatic rings. The highest BCUT2D eigenvalue weighted by Crippen LogP contribution is 2.24. The molecule has 0 saturated heterocycles. The molecular formula is C20H19N3O2. The van der Waals surface area contributed by atoms with Crippen molar-refractivity contribution < 1.29 is 9.59 Å². The van der Waals surface area contributed by atoms with E-state index in [-0.39, 0.29) is 11.7 Å². The van der Waals surface area contributed by atoms with Crippen molar-refractivity contribution >= 4 is 17.4 Å². The average Bonchev–Trinajstić information content (AvgIpc) is 3.25. The third-order valence-electron chi connectivity index (χ3n) is 4.69. The van der Waals surface area contributed by atoms with Gasteiger partial charge in [0.25, 0.3) is 0 Å². The number of aromatic nitrogens is 2. The summed E-state index contributed by atoms with van der Waals surface area (Å²) >= 11 is 0. The fraction of sp³-hybridized carbons (Fsp3) is 0.200. The number of carbonyl (C=O) groups is 2. The molecule has 5 nitrogen and oxygen atoms in total. The predicted molar refractivity (Wildman–Crippen MR) is 95.8 cm³/mol. The molecule has 126 valence electrons. The Balaban J connectivity index is 1.61. The van der Waals surface area contributed by atoms with Crippen LogP contribution in [-0.4, -0.2) is 21.0 Å². The smallest absolute Gasteiger partial charge is 0.224 e. The van der Waals surface area contributed by atoms with Gasteiger partial charge in [-0.25, -0.2) is 0 Å². The number of anilines is 1. The van der Waals surface area contributed by atoms with E-state index in [9.17, 15) is 9.59 Å². The maximum atomic E-state index is 12.8. The molecule has 0 bridgehead atoms. The number of Topliss-reactive ketones (excluding diaryl/α,β-unsaturated/α-hetero) is 1. The van der Waals surface area contributed by atoms with Crippen LogP contribution in [0, 0.1) is 6.92 Å². The minimum atomic E-state index is 0.0340. The monoisotopic (exact) mass is 333 g/mol. The Morgan fingerprint density at radius 3 is 2.72 bits per heavy atom. The number of aryl methyl sites for hydroxylation is 2. The molecule has 0 saturated carbocycles. The molecule has 2 aromatic heterocycles. The van der Waals surface area contributed by atoms with Gasteiger partial charge >= 0.3 is 0 Å². The third kappa shape index (κ3) is 2.89. The van der Waals surface area contributed by atoms with Gasteiger partial charge < -0.3 is 5.32 Å². The minimum absolute atomic E-state index is 0.0340. The van der Waals surface area contributed by atoms with Gasteiger partial charge in [-0.3, -0.25) is 18.9 Å². The summed E-state index contributed by atoms with van der Waals surface area (Å²) in [6.07, 6.45) is 7.37. The van der Waals surface area contributed by atoms with Crippen molar-refractivity contribution in [2.75, 3.05) is 5.32 Å². The van der Waals surface area contributed by atoms with Gasteiger partial charge in [0.2, 0.25) is 5.91 Å². The van der Waals surface area contributed by atoms with Gasteiger partial charge in [-0.1, -0.05) is 0 Å². The molecule has 0 atom stereocenters. The number of rotatable bonds is 4. The summed E-state index contributed by atoms with van der Waals surface area (Å²) in [6, 6.07) is 11.5. The maximum Gasteiger partial charge on any atom is 0.224 e. The summed E-state index contributed by atoms with van der Waals surface area (Å²) in [4.78, 5) is 24.3. The summed E-state index contributed by atoms with van der Waals surface area (Å²) < 4.78 is 3.95. The van der Waals surface area contributed by atoms with Crippen molar-refractivity contribution in [2.24, 2.45) is 0 Å². The quantitative estimate of drug-likeness (QED) is 0.745. The average molecular weight is 333 g/mol. The third-order valence-corrected chi connectivity index (χ3v) is 4.69. The summed E-state index contributed by atoms with van der Waals surface area (Å²) in [5, 5.41) is 2.85. The number of fused-ring (bicyclic) bond motifs is 1. The van der Waals surface area contributed by atoms with Crippen LogP contribution in [0.3, 0.4) is 0 Å². The lowest BCUT2D eigenvalue weighted by Crippen LogP contribution is -2.19. The van der Waals surface area contributed by atoms with E-state index >= 15 is 0 Å². The van der Waals surface area contributed by atoms with Crippen LogP contribution in [0.15, 0.2) is 55.0 Å². The first-order valence-electron chi connectivity index (χ1n) is 8.38. The summed E-state index contributed by atoms with van der Waals surface area (Å²) in [6.45, 7) is 2.02. The van der Waals surface area contributed by atoms with Crippen molar-refractivity contribution in [1.82, 2.24) is 9.35 Å². The SMILES string of the molecule is Cc1ccn(-n2cccc2)c1CC(=O)c1ccc2c(c1)CCC(=O)N2. The highest BCUT2D eigenvalue weighted by Gasteiger charge is 2.18. The zero-order valence-electron chi connectivity index (χ0n) is 14.0. The van der Waals surface area contributed by atoms with Crippen LogP contribution < -0.4 is 5.32 Å². The van der Waals surface area contributed by atoms with Crippen molar-refractivity contribution in [1.29, 1.82) is 0 Å². The van der Waals surface area contributed by atoms with E-state index in [1.54, 1.807) is 6.07 Å². The lowest BCUT2D eigenvalue weighted by atomic mass is 9.97. The van der Waals surface area contributed by atoms with Gasteiger partial charge in [0.15, 0.2) is 5.78 Å². The minimum Gasteiger partial charge on any atom is -0.326 e. The van der Waals surface area contributed by atoms with Gasteiger partial charge in [-0.15, -0.1) is 0 Å². The van der Waals surface area contributed by atoms with Crippen LogP contribution in [0.5, 0.6) is 0 Å². The first kappa shape index (κ1) is 15.4. The highest BCUT2D eigenvalue weighted by atomic mass is 16.1. The number of nitrogens with zero attached hydrogens (tertiary/aromatic N) is 2. The number of amides is 1. The fourth-order valence-electron chi connectivity index (χ4n) is 3.27. The summed E-state index contributed by atoms with van der Waals surface area (Å²) in [5.41, 5.74) is 4.61. The molecule has 1 aliphatic heterocycles. The normalized spacial score (nSPS) is 13.4. The molecule has 0 fully saturated rings. The second-order valence-corrected chi connectivity index (χ2v) is 6.37. The number of hydrogen-bond donors (Lipinski definition) is 1. The second kappa shape index (κ2) is 6.09. The van der Waals surface area contributed by atoms with E-state index in [1.807, 2.05) is 65.2 Å². The first-order valence-corrected chi connectivity index (χ1v) is 8.38. The number of nitrogens with one attached hydrogen (secondary N) is 1. The zero-order chi connectivity index (χ0) is 17.4. The predicted octanol–water partition coefficient (Wildman–Crippen LogP) is 3.22. The van der Waals surface area contributed by atoms with Crippen LogP contribution in [0.25, 0.3) is 0 Å². The van der Waals surface area contributed by atoms with Crippen molar-refractivity contribution in [3.63, 3.8) is 0 Å². The molecule has 3 aromatic rings. The standard InChI is InChI=1S/C20H19N3O2/c1-14-8-11-23(22-9-2-3-10-22)18(14)13-19(24)16-4-6-17-15(12-16)5-7-20(25)21-17/h2-4,6,8-12H,5,7,13H2,1H3,(H,21,25). The molecule has 25 heavy (non-hydrogen) atoms. The van der Waals surface area contributed by atoms with E-state index in [0.717, 1.165) is 22.5 Å². The molecule has 0 unspecified atom stereocenters. The molecule has 0 radical (unpaired) electrons.